The van der Waals surface area contributed by atoms with Gasteiger partial charge >= 0.3 is 0 Å². The molecule has 1 aliphatic carbocycles. The van der Waals surface area contributed by atoms with Crippen LogP contribution in [0.1, 0.15) is 32.1 Å². The molecule has 1 rings (SSSR count). The summed E-state index contributed by atoms with van der Waals surface area (Å²) in [6.07, 6.45) is 6.40. The molecule has 1 saturated carbocycles. The molecule has 0 aromatic carbocycles. The Bertz CT molecular complexity index is 145. The maximum atomic E-state index is 9.99. The number of aliphatic hydroxyl groups excluding tert-OH is 1. The van der Waals surface area contributed by atoms with Gasteiger partial charge in [0.25, 0.3) is 0 Å². The Hall–Kier alpha value is -0.0800. The molecule has 0 heterocycles. The molecule has 13 heavy (non-hydrogen) atoms. The van der Waals surface area contributed by atoms with Crippen LogP contribution in [0, 0.1) is 5.92 Å². The first kappa shape index (κ1) is 11.0. The van der Waals surface area contributed by atoms with E-state index in [1.807, 2.05) is 0 Å². The van der Waals surface area contributed by atoms with Crippen LogP contribution >= 0.6 is 0 Å². The summed E-state index contributed by atoms with van der Waals surface area (Å²) in [5, 5.41) is 9.99. The number of likely N-dealkylation sites (N-methyl/N-ethyl adjacent to an activating group) is 1. The average molecular weight is 186 g/mol. The third-order valence-corrected chi connectivity index (χ3v) is 2.93. The van der Waals surface area contributed by atoms with Crippen molar-refractivity contribution < 1.29 is 9.59 Å². The van der Waals surface area contributed by atoms with E-state index in [-0.39, 0.29) is 6.10 Å². The number of rotatable bonds is 3. The van der Waals surface area contributed by atoms with E-state index in [0.717, 1.165) is 11.0 Å². The number of hydrogen-bond acceptors (Lipinski definition) is 1. The molecule has 1 atom stereocenters. The standard InChI is InChI=1S/C11H24NO/c1-12(2,3)9-11(13)10-7-5-4-6-8-10/h10-11,13H,4-9H2,1-3H3/q+1. The molecule has 0 aliphatic heterocycles. The summed E-state index contributed by atoms with van der Waals surface area (Å²) in [6, 6.07) is 0. The van der Waals surface area contributed by atoms with Crippen LogP contribution in [0.25, 0.3) is 0 Å². The molecule has 0 radical (unpaired) electrons. The van der Waals surface area contributed by atoms with E-state index in [0.29, 0.717) is 5.92 Å². The zero-order valence-corrected chi connectivity index (χ0v) is 9.29. The van der Waals surface area contributed by atoms with E-state index < -0.39 is 0 Å². The highest BCUT2D eigenvalue weighted by Crippen LogP contribution is 2.26. The minimum atomic E-state index is -0.0831. The van der Waals surface area contributed by atoms with Gasteiger partial charge in [0, 0.05) is 0 Å². The van der Waals surface area contributed by atoms with Crippen molar-refractivity contribution in [3.63, 3.8) is 0 Å². The van der Waals surface area contributed by atoms with Gasteiger partial charge in [-0.15, -0.1) is 0 Å². The molecule has 2 heteroatoms. The summed E-state index contributed by atoms with van der Waals surface area (Å²) in [5.74, 6) is 0.575. The van der Waals surface area contributed by atoms with Crippen LogP contribution in [-0.2, 0) is 0 Å². The van der Waals surface area contributed by atoms with Crippen molar-refractivity contribution >= 4 is 0 Å². The third-order valence-electron chi connectivity index (χ3n) is 2.93. The Labute approximate surface area is 82.1 Å². The van der Waals surface area contributed by atoms with Crippen LogP contribution in [0.15, 0.2) is 0 Å². The number of aliphatic hydroxyl groups is 1. The molecule has 0 aromatic heterocycles. The lowest BCUT2D eigenvalue weighted by atomic mass is 9.85. The van der Waals surface area contributed by atoms with E-state index in [1.165, 1.54) is 32.1 Å². The van der Waals surface area contributed by atoms with Crippen LogP contribution in [0.4, 0.5) is 0 Å². The molecule has 1 fully saturated rings. The maximum Gasteiger partial charge on any atom is 0.106 e. The first-order chi connectivity index (χ1) is 5.99. The van der Waals surface area contributed by atoms with E-state index in [2.05, 4.69) is 21.1 Å². The Kier molecular flexibility index (Phi) is 3.74. The fraction of sp³-hybridized carbons (Fsp3) is 1.00. The molecular formula is C11H24NO+. The second kappa shape index (κ2) is 4.43. The molecule has 78 valence electrons. The summed E-state index contributed by atoms with van der Waals surface area (Å²) in [5.41, 5.74) is 0. The van der Waals surface area contributed by atoms with E-state index in [1.54, 1.807) is 0 Å². The molecule has 0 spiro atoms. The van der Waals surface area contributed by atoms with Crippen molar-refractivity contribution in [3.05, 3.63) is 0 Å². The van der Waals surface area contributed by atoms with Crippen molar-refractivity contribution in [1.82, 2.24) is 0 Å². The Morgan fingerprint density at radius 1 is 1.15 bits per heavy atom. The van der Waals surface area contributed by atoms with Crippen molar-refractivity contribution in [3.8, 4) is 0 Å². The highest BCUT2D eigenvalue weighted by molar-refractivity contribution is 4.72. The third kappa shape index (κ3) is 4.10. The van der Waals surface area contributed by atoms with Gasteiger partial charge in [-0.25, -0.2) is 0 Å². The Balaban J connectivity index is 2.33. The molecule has 2 nitrogen and oxygen atoms in total. The largest absolute Gasteiger partial charge is 0.387 e. The molecule has 0 aromatic rings. The van der Waals surface area contributed by atoms with Crippen molar-refractivity contribution in [2.75, 3.05) is 27.7 Å². The van der Waals surface area contributed by atoms with Gasteiger partial charge in [-0.05, 0) is 18.8 Å². The predicted molar refractivity (Wildman–Crippen MR) is 55.5 cm³/mol. The predicted octanol–water partition coefficient (Wildman–Crippen LogP) is 1.63. The van der Waals surface area contributed by atoms with Crippen molar-refractivity contribution in [2.24, 2.45) is 5.92 Å². The average Bonchev–Trinajstić information content (AvgIpc) is 2.03. The van der Waals surface area contributed by atoms with Crippen molar-refractivity contribution in [1.29, 1.82) is 0 Å². The summed E-state index contributed by atoms with van der Waals surface area (Å²) in [4.78, 5) is 0. The van der Waals surface area contributed by atoms with Crippen LogP contribution in [-0.4, -0.2) is 43.4 Å². The van der Waals surface area contributed by atoms with Gasteiger partial charge in [0.05, 0.1) is 21.1 Å². The molecule has 0 amide bonds. The first-order valence-corrected chi connectivity index (χ1v) is 5.47. The van der Waals surface area contributed by atoms with Gasteiger partial charge in [-0.3, -0.25) is 0 Å². The SMILES string of the molecule is C[N+](C)(C)CC(O)C1CCCCC1. The molecule has 0 bridgehead atoms. The summed E-state index contributed by atoms with van der Waals surface area (Å²) in [6.45, 7) is 0.894. The highest BCUT2D eigenvalue weighted by Gasteiger charge is 2.25. The quantitative estimate of drug-likeness (QED) is 0.664. The maximum absolute atomic E-state index is 9.99. The fourth-order valence-electron chi connectivity index (χ4n) is 2.23. The lowest BCUT2D eigenvalue weighted by Crippen LogP contribution is -2.44. The molecule has 1 aliphatic rings. The van der Waals surface area contributed by atoms with Crippen LogP contribution in [0.3, 0.4) is 0 Å². The Morgan fingerprint density at radius 3 is 2.15 bits per heavy atom. The topological polar surface area (TPSA) is 20.2 Å². The zero-order valence-electron chi connectivity index (χ0n) is 9.29. The van der Waals surface area contributed by atoms with Crippen LogP contribution in [0.5, 0.6) is 0 Å². The van der Waals surface area contributed by atoms with Crippen LogP contribution in [0.2, 0.25) is 0 Å². The van der Waals surface area contributed by atoms with Gasteiger partial charge < -0.3 is 9.59 Å². The minimum Gasteiger partial charge on any atom is -0.387 e. The van der Waals surface area contributed by atoms with Crippen molar-refractivity contribution in [2.45, 2.75) is 38.2 Å². The summed E-state index contributed by atoms with van der Waals surface area (Å²) < 4.78 is 0.873. The number of nitrogens with zero attached hydrogens (tertiary/aromatic N) is 1. The second-order valence-corrected chi connectivity index (χ2v) is 5.44. The lowest BCUT2D eigenvalue weighted by Gasteiger charge is -2.32. The first-order valence-electron chi connectivity index (χ1n) is 5.47. The van der Waals surface area contributed by atoms with Gasteiger partial charge in [-0.1, -0.05) is 19.3 Å². The lowest BCUT2D eigenvalue weighted by molar-refractivity contribution is -0.874. The molecule has 1 N–H and O–H groups in total. The van der Waals surface area contributed by atoms with E-state index >= 15 is 0 Å². The van der Waals surface area contributed by atoms with Crippen LogP contribution < -0.4 is 0 Å². The fourth-order valence-corrected chi connectivity index (χ4v) is 2.23. The smallest absolute Gasteiger partial charge is 0.106 e. The normalized spacial score (nSPS) is 23.1. The van der Waals surface area contributed by atoms with E-state index in [4.69, 9.17) is 0 Å². The monoisotopic (exact) mass is 186 g/mol. The van der Waals surface area contributed by atoms with Gasteiger partial charge in [-0.2, -0.15) is 0 Å². The number of hydrogen-bond donors (Lipinski definition) is 1. The zero-order chi connectivity index (χ0) is 9.90. The number of quaternary nitrogens is 1. The Morgan fingerprint density at radius 2 is 1.69 bits per heavy atom. The van der Waals surface area contributed by atoms with Gasteiger partial charge in [0.2, 0.25) is 0 Å². The van der Waals surface area contributed by atoms with E-state index in [9.17, 15) is 5.11 Å². The molecule has 1 unspecified atom stereocenters. The second-order valence-electron chi connectivity index (χ2n) is 5.44. The molecule has 0 saturated heterocycles. The minimum absolute atomic E-state index is 0.0831. The summed E-state index contributed by atoms with van der Waals surface area (Å²) in [7, 11) is 6.43. The highest BCUT2D eigenvalue weighted by atomic mass is 16.3. The molecular weight excluding hydrogens is 162 g/mol. The van der Waals surface area contributed by atoms with Gasteiger partial charge in [0.1, 0.15) is 12.6 Å². The van der Waals surface area contributed by atoms with Gasteiger partial charge in [0.15, 0.2) is 0 Å². The summed E-state index contributed by atoms with van der Waals surface area (Å²) >= 11 is 0.